The Morgan fingerprint density at radius 2 is 1.75 bits per heavy atom. The molecule has 0 aliphatic carbocycles. The van der Waals surface area contributed by atoms with E-state index < -0.39 is 0 Å². The first-order valence-electron chi connectivity index (χ1n) is 9.43. The van der Waals surface area contributed by atoms with Gasteiger partial charge in [-0.1, -0.05) is 36.4 Å². The molecule has 1 heterocycles. The Balaban J connectivity index is 1.72. The van der Waals surface area contributed by atoms with Crippen molar-refractivity contribution in [3.8, 4) is 22.8 Å². The fourth-order valence-corrected chi connectivity index (χ4v) is 2.89. The lowest BCUT2D eigenvalue weighted by Crippen LogP contribution is -2.27. The van der Waals surface area contributed by atoms with Crippen LogP contribution in [0.1, 0.15) is 42.9 Å². The third kappa shape index (κ3) is 4.52. The molecular formula is C22H25N3O3. The number of ether oxygens (including phenoxy) is 2. The van der Waals surface area contributed by atoms with Gasteiger partial charge in [0.25, 0.3) is 5.91 Å². The van der Waals surface area contributed by atoms with Crippen molar-refractivity contribution in [3.05, 3.63) is 65.9 Å². The van der Waals surface area contributed by atoms with Crippen molar-refractivity contribution in [3.63, 3.8) is 0 Å². The maximum Gasteiger partial charge on any atom is 0.269 e. The second-order valence-electron chi connectivity index (χ2n) is 6.30. The maximum absolute atomic E-state index is 12.6. The number of rotatable bonds is 8. The van der Waals surface area contributed by atoms with Gasteiger partial charge >= 0.3 is 0 Å². The van der Waals surface area contributed by atoms with E-state index in [0.717, 1.165) is 16.8 Å². The number of carbonyl (C=O) groups is 1. The van der Waals surface area contributed by atoms with E-state index in [0.29, 0.717) is 30.4 Å². The number of aromatic nitrogens is 2. The van der Waals surface area contributed by atoms with Crippen LogP contribution < -0.4 is 14.8 Å². The molecule has 6 nitrogen and oxygen atoms in total. The van der Waals surface area contributed by atoms with Gasteiger partial charge in [0.2, 0.25) is 0 Å². The predicted molar refractivity (Wildman–Crippen MR) is 109 cm³/mol. The van der Waals surface area contributed by atoms with Gasteiger partial charge in [0.05, 0.1) is 24.9 Å². The number of hydrogen-bond acceptors (Lipinski definition) is 4. The van der Waals surface area contributed by atoms with Crippen LogP contribution in [-0.4, -0.2) is 29.3 Å². The Labute approximate surface area is 164 Å². The van der Waals surface area contributed by atoms with Gasteiger partial charge in [-0.3, -0.25) is 9.89 Å². The molecule has 0 aliphatic rings. The van der Waals surface area contributed by atoms with Gasteiger partial charge in [-0.05, 0) is 44.5 Å². The first kappa shape index (κ1) is 19.5. The minimum atomic E-state index is -0.214. The summed E-state index contributed by atoms with van der Waals surface area (Å²) in [5.74, 6) is 1.16. The highest BCUT2D eigenvalue weighted by Crippen LogP contribution is 2.30. The molecule has 0 radical (unpaired) electrons. The lowest BCUT2D eigenvalue weighted by molar-refractivity contribution is 0.0934. The van der Waals surface area contributed by atoms with Crippen molar-refractivity contribution >= 4 is 5.91 Å². The number of hydrogen-bond donors (Lipinski definition) is 2. The number of nitrogens with zero attached hydrogens (tertiary/aromatic N) is 1. The van der Waals surface area contributed by atoms with Gasteiger partial charge in [0, 0.05) is 5.56 Å². The minimum Gasteiger partial charge on any atom is -0.490 e. The highest BCUT2D eigenvalue weighted by molar-refractivity contribution is 5.93. The molecule has 0 saturated heterocycles. The van der Waals surface area contributed by atoms with E-state index in [9.17, 15) is 4.79 Å². The molecule has 0 aliphatic heterocycles. The van der Waals surface area contributed by atoms with Crippen LogP contribution in [0.3, 0.4) is 0 Å². The first-order valence-corrected chi connectivity index (χ1v) is 9.43. The fraction of sp³-hybridized carbons (Fsp3) is 0.273. The number of amides is 1. The average molecular weight is 379 g/mol. The summed E-state index contributed by atoms with van der Waals surface area (Å²) in [6.45, 7) is 6.89. The number of carbonyl (C=O) groups excluding carboxylic acids is 1. The first-order chi connectivity index (χ1) is 13.6. The monoisotopic (exact) mass is 379 g/mol. The number of aromatic amines is 1. The molecule has 2 N–H and O–H groups in total. The van der Waals surface area contributed by atoms with Crippen LogP contribution >= 0.6 is 0 Å². The highest BCUT2D eigenvalue weighted by atomic mass is 16.5. The van der Waals surface area contributed by atoms with E-state index in [1.807, 2.05) is 69.3 Å². The minimum absolute atomic E-state index is 0.203. The molecule has 0 spiro atoms. The smallest absolute Gasteiger partial charge is 0.269 e. The SMILES string of the molecule is CCOc1ccc([C@@H](C)NC(=O)c2cc(-c3ccccc3)n[nH]2)cc1OCC. The maximum atomic E-state index is 12.6. The third-order valence-corrected chi connectivity index (χ3v) is 4.31. The topological polar surface area (TPSA) is 76.2 Å². The highest BCUT2D eigenvalue weighted by Gasteiger charge is 2.16. The van der Waals surface area contributed by atoms with E-state index in [2.05, 4.69) is 15.5 Å². The van der Waals surface area contributed by atoms with Crippen molar-refractivity contribution < 1.29 is 14.3 Å². The number of H-pyrrole nitrogens is 1. The molecule has 2 aromatic carbocycles. The second kappa shape index (κ2) is 9.08. The van der Waals surface area contributed by atoms with Gasteiger partial charge in [-0.2, -0.15) is 5.10 Å². The zero-order chi connectivity index (χ0) is 19.9. The Bertz CT molecular complexity index is 922. The molecule has 146 valence electrons. The van der Waals surface area contributed by atoms with E-state index in [1.165, 1.54) is 0 Å². The summed E-state index contributed by atoms with van der Waals surface area (Å²) >= 11 is 0. The zero-order valence-corrected chi connectivity index (χ0v) is 16.4. The van der Waals surface area contributed by atoms with Crippen molar-refractivity contribution in [2.75, 3.05) is 13.2 Å². The van der Waals surface area contributed by atoms with Gasteiger partial charge in [0.15, 0.2) is 11.5 Å². The van der Waals surface area contributed by atoms with E-state index in [4.69, 9.17) is 9.47 Å². The van der Waals surface area contributed by atoms with Crippen LogP contribution in [0.2, 0.25) is 0 Å². The third-order valence-electron chi connectivity index (χ3n) is 4.31. The van der Waals surface area contributed by atoms with Crippen LogP contribution in [0.15, 0.2) is 54.6 Å². The number of benzene rings is 2. The molecule has 0 saturated carbocycles. The molecule has 0 unspecified atom stereocenters. The van der Waals surface area contributed by atoms with Gasteiger partial charge in [-0.15, -0.1) is 0 Å². The standard InChI is InChI=1S/C22H25N3O3/c1-4-27-20-12-11-17(13-21(20)28-5-2)15(3)23-22(26)19-14-18(24-25-19)16-9-7-6-8-10-16/h6-15H,4-5H2,1-3H3,(H,23,26)(H,24,25)/t15-/m1/s1. The van der Waals surface area contributed by atoms with Gasteiger partial charge in [-0.25, -0.2) is 0 Å². The van der Waals surface area contributed by atoms with Crippen molar-refractivity contribution in [1.82, 2.24) is 15.5 Å². The molecule has 1 atom stereocenters. The number of nitrogens with one attached hydrogen (secondary N) is 2. The van der Waals surface area contributed by atoms with Crippen LogP contribution in [-0.2, 0) is 0 Å². The molecule has 3 rings (SSSR count). The molecule has 28 heavy (non-hydrogen) atoms. The van der Waals surface area contributed by atoms with Crippen molar-refractivity contribution in [2.24, 2.45) is 0 Å². The van der Waals surface area contributed by atoms with Crippen LogP contribution in [0.4, 0.5) is 0 Å². The summed E-state index contributed by atoms with van der Waals surface area (Å²) in [5, 5.41) is 10.0. The summed E-state index contributed by atoms with van der Waals surface area (Å²) in [5.41, 5.74) is 3.04. The Hall–Kier alpha value is -3.28. The quantitative estimate of drug-likeness (QED) is 0.609. The molecule has 0 fully saturated rings. The molecule has 3 aromatic rings. The van der Waals surface area contributed by atoms with Crippen molar-refractivity contribution in [1.29, 1.82) is 0 Å². The normalized spacial score (nSPS) is 11.7. The lowest BCUT2D eigenvalue weighted by atomic mass is 10.1. The van der Waals surface area contributed by atoms with E-state index in [-0.39, 0.29) is 11.9 Å². The van der Waals surface area contributed by atoms with Crippen LogP contribution in [0, 0.1) is 0 Å². The molecule has 1 amide bonds. The van der Waals surface area contributed by atoms with Crippen molar-refractivity contribution in [2.45, 2.75) is 26.8 Å². The predicted octanol–water partition coefficient (Wildman–Crippen LogP) is 4.37. The molecule has 1 aromatic heterocycles. The summed E-state index contributed by atoms with van der Waals surface area (Å²) in [4.78, 5) is 12.6. The molecule has 6 heteroatoms. The largest absolute Gasteiger partial charge is 0.490 e. The molecular weight excluding hydrogens is 354 g/mol. The second-order valence-corrected chi connectivity index (χ2v) is 6.30. The van der Waals surface area contributed by atoms with E-state index >= 15 is 0 Å². The fourth-order valence-electron chi connectivity index (χ4n) is 2.89. The Morgan fingerprint density at radius 3 is 2.46 bits per heavy atom. The van der Waals surface area contributed by atoms with Gasteiger partial charge < -0.3 is 14.8 Å². The Kier molecular flexibility index (Phi) is 6.32. The van der Waals surface area contributed by atoms with Crippen LogP contribution in [0.5, 0.6) is 11.5 Å². The Morgan fingerprint density at radius 1 is 1.04 bits per heavy atom. The molecule has 0 bridgehead atoms. The summed E-state index contributed by atoms with van der Waals surface area (Å²) in [6, 6.07) is 17.0. The average Bonchev–Trinajstić information content (AvgIpc) is 3.21. The lowest BCUT2D eigenvalue weighted by Gasteiger charge is -2.17. The summed E-state index contributed by atoms with van der Waals surface area (Å²) in [7, 11) is 0. The summed E-state index contributed by atoms with van der Waals surface area (Å²) < 4.78 is 11.3. The van der Waals surface area contributed by atoms with Crippen LogP contribution in [0.25, 0.3) is 11.3 Å². The zero-order valence-electron chi connectivity index (χ0n) is 16.4. The summed E-state index contributed by atoms with van der Waals surface area (Å²) in [6.07, 6.45) is 0. The van der Waals surface area contributed by atoms with E-state index in [1.54, 1.807) is 6.07 Å². The van der Waals surface area contributed by atoms with Gasteiger partial charge in [0.1, 0.15) is 5.69 Å².